The smallest absolute Gasteiger partial charge is 0.0702 e. The summed E-state index contributed by atoms with van der Waals surface area (Å²) < 4.78 is 0. The molecular weight excluding hydrogens is 254 g/mol. The van der Waals surface area contributed by atoms with Gasteiger partial charge in [0.15, 0.2) is 0 Å². The Balaban J connectivity index is 1.93. The Labute approximate surface area is 117 Å². The molecule has 0 amide bonds. The molecule has 2 heteroatoms. The summed E-state index contributed by atoms with van der Waals surface area (Å²) in [5, 5.41) is 0.740. The maximum Gasteiger partial charge on any atom is 0.0702 e. The normalized spacial score (nSPS) is 10.4. The van der Waals surface area contributed by atoms with Crippen LogP contribution < -0.4 is 0 Å². The van der Waals surface area contributed by atoms with E-state index in [-0.39, 0.29) is 0 Å². The van der Waals surface area contributed by atoms with Crippen LogP contribution in [0.3, 0.4) is 0 Å². The van der Waals surface area contributed by atoms with Crippen LogP contribution in [0.25, 0.3) is 22.4 Å². The largest absolute Gasteiger partial charge is 0.256 e. The van der Waals surface area contributed by atoms with Crippen LogP contribution in [0.5, 0.6) is 0 Å². The number of pyridine rings is 1. The molecule has 0 N–H and O–H groups in total. The Morgan fingerprint density at radius 2 is 1.32 bits per heavy atom. The number of nitrogens with zero attached hydrogens (tertiary/aromatic N) is 1. The van der Waals surface area contributed by atoms with E-state index >= 15 is 0 Å². The van der Waals surface area contributed by atoms with Crippen molar-refractivity contribution in [1.82, 2.24) is 4.98 Å². The molecule has 0 atom stereocenters. The second-order valence-electron chi connectivity index (χ2n) is 4.31. The minimum Gasteiger partial charge on any atom is -0.256 e. The lowest BCUT2D eigenvalue weighted by atomic mass is 10.1. The number of hydrogen-bond donors (Lipinski definition) is 0. The first-order valence-corrected chi connectivity index (χ1v) is 6.48. The number of hydrogen-bond acceptors (Lipinski definition) is 1. The summed E-state index contributed by atoms with van der Waals surface area (Å²) in [5.41, 5.74) is 4.33. The van der Waals surface area contributed by atoms with E-state index in [9.17, 15) is 0 Å². The molecule has 1 aromatic heterocycles. The molecule has 3 rings (SSSR count). The zero-order chi connectivity index (χ0) is 13.1. The second kappa shape index (κ2) is 5.25. The van der Waals surface area contributed by atoms with E-state index in [1.807, 2.05) is 54.7 Å². The maximum atomic E-state index is 5.88. The first-order chi connectivity index (χ1) is 9.33. The lowest BCUT2D eigenvalue weighted by molar-refractivity contribution is 1.32. The summed E-state index contributed by atoms with van der Waals surface area (Å²) in [6, 6.07) is 22.1. The van der Waals surface area contributed by atoms with Gasteiger partial charge in [0.25, 0.3) is 0 Å². The Hall–Kier alpha value is -2.12. The van der Waals surface area contributed by atoms with E-state index in [2.05, 4.69) is 23.2 Å². The van der Waals surface area contributed by atoms with Crippen molar-refractivity contribution in [3.8, 4) is 22.4 Å². The first-order valence-electron chi connectivity index (χ1n) is 6.10. The molecule has 0 fully saturated rings. The summed E-state index contributed by atoms with van der Waals surface area (Å²) in [6.45, 7) is 0. The third kappa shape index (κ3) is 2.67. The van der Waals surface area contributed by atoms with Crippen molar-refractivity contribution >= 4 is 11.6 Å². The summed E-state index contributed by atoms with van der Waals surface area (Å²) >= 11 is 5.88. The standard InChI is InChI=1S/C17H12ClN/c18-16-9-6-14(7-10-16)17-11-8-15(12-19-17)13-4-2-1-3-5-13/h1-12H. The fourth-order valence-corrected chi connectivity index (χ4v) is 2.11. The van der Waals surface area contributed by atoms with Crippen LogP contribution in [-0.2, 0) is 0 Å². The second-order valence-corrected chi connectivity index (χ2v) is 4.74. The zero-order valence-corrected chi connectivity index (χ0v) is 11.0. The van der Waals surface area contributed by atoms with Gasteiger partial charge < -0.3 is 0 Å². The highest BCUT2D eigenvalue weighted by atomic mass is 35.5. The number of halogens is 1. The minimum atomic E-state index is 0.740. The molecular formula is C17H12ClN. The van der Waals surface area contributed by atoms with Crippen molar-refractivity contribution in [2.75, 3.05) is 0 Å². The number of aromatic nitrogens is 1. The molecule has 0 saturated carbocycles. The van der Waals surface area contributed by atoms with E-state index < -0.39 is 0 Å². The van der Waals surface area contributed by atoms with Crippen molar-refractivity contribution in [3.63, 3.8) is 0 Å². The quantitative estimate of drug-likeness (QED) is 0.630. The lowest BCUT2D eigenvalue weighted by Gasteiger charge is -2.04. The van der Waals surface area contributed by atoms with Crippen LogP contribution in [-0.4, -0.2) is 4.98 Å². The van der Waals surface area contributed by atoms with Gasteiger partial charge in [-0.3, -0.25) is 4.98 Å². The zero-order valence-electron chi connectivity index (χ0n) is 10.3. The molecule has 2 aromatic carbocycles. The van der Waals surface area contributed by atoms with Gasteiger partial charge >= 0.3 is 0 Å². The van der Waals surface area contributed by atoms with Gasteiger partial charge in [0, 0.05) is 22.3 Å². The molecule has 0 spiro atoms. The maximum absolute atomic E-state index is 5.88. The minimum absolute atomic E-state index is 0.740. The van der Waals surface area contributed by atoms with E-state index in [0.717, 1.165) is 21.8 Å². The van der Waals surface area contributed by atoms with Crippen molar-refractivity contribution in [2.24, 2.45) is 0 Å². The van der Waals surface area contributed by atoms with Crippen molar-refractivity contribution < 1.29 is 0 Å². The number of benzene rings is 2. The van der Waals surface area contributed by atoms with Crippen LogP contribution in [0.1, 0.15) is 0 Å². The van der Waals surface area contributed by atoms with Crippen LogP contribution >= 0.6 is 11.6 Å². The van der Waals surface area contributed by atoms with Crippen molar-refractivity contribution in [3.05, 3.63) is 77.9 Å². The third-order valence-electron chi connectivity index (χ3n) is 3.01. The average Bonchev–Trinajstić information content (AvgIpc) is 2.49. The molecule has 92 valence electrons. The predicted octanol–water partition coefficient (Wildman–Crippen LogP) is 5.07. The summed E-state index contributed by atoms with van der Waals surface area (Å²) in [7, 11) is 0. The highest BCUT2D eigenvalue weighted by Crippen LogP contribution is 2.23. The van der Waals surface area contributed by atoms with Crippen LogP contribution in [0.4, 0.5) is 0 Å². The summed E-state index contributed by atoms with van der Waals surface area (Å²) in [6.07, 6.45) is 1.90. The molecule has 19 heavy (non-hydrogen) atoms. The molecule has 0 saturated heterocycles. The SMILES string of the molecule is Clc1ccc(-c2ccc(-c3ccccc3)cn2)cc1. The van der Waals surface area contributed by atoms with Gasteiger partial charge in [-0.2, -0.15) is 0 Å². The molecule has 0 aliphatic carbocycles. The topological polar surface area (TPSA) is 12.9 Å². The van der Waals surface area contributed by atoms with Gasteiger partial charge in [-0.25, -0.2) is 0 Å². The monoisotopic (exact) mass is 265 g/mol. The molecule has 3 aromatic rings. The molecule has 1 heterocycles. The van der Waals surface area contributed by atoms with E-state index in [4.69, 9.17) is 11.6 Å². The van der Waals surface area contributed by atoms with Crippen molar-refractivity contribution in [2.45, 2.75) is 0 Å². The van der Waals surface area contributed by atoms with E-state index in [1.165, 1.54) is 5.56 Å². The Bertz CT molecular complexity index is 658. The molecule has 0 unspecified atom stereocenters. The molecule has 0 aliphatic rings. The van der Waals surface area contributed by atoms with Crippen LogP contribution in [0, 0.1) is 0 Å². The van der Waals surface area contributed by atoms with Gasteiger partial charge in [0.05, 0.1) is 5.69 Å². The fourth-order valence-electron chi connectivity index (χ4n) is 1.99. The number of rotatable bonds is 2. The summed E-state index contributed by atoms with van der Waals surface area (Å²) in [4.78, 5) is 4.51. The van der Waals surface area contributed by atoms with Gasteiger partial charge in [-0.15, -0.1) is 0 Å². The van der Waals surface area contributed by atoms with E-state index in [0.29, 0.717) is 0 Å². The molecule has 0 radical (unpaired) electrons. The lowest BCUT2D eigenvalue weighted by Crippen LogP contribution is -1.84. The summed E-state index contributed by atoms with van der Waals surface area (Å²) in [5.74, 6) is 0. The van der Waals surface area contributed by atoms with Crippen LogP contribution in [0.2, 0.25) is 5.02 Å². The van der Waals surface area contributed by atoms with Crippen molar-refractivity contribution in [1.29, 1.82) is 0 Å². The third-order valence-corrected chi connectivity index (χ3v) is 3.26. The van der Waals surface area contributed by atoms with Gasteiger partial charge in [-0.1, -0.05) is 60.1 Å². The Kier molecular flexibility index (Phi) is 3.30. The average molecular weight is 266 g/mol. The first kappa shape index (κ1) is 11.9. The van der Waals surface area contributed by atoms with Gasteiger partial charge in [0.2, 0.25) is 0 Å². The molecule has 0 aliphatic heterocycles. The molecule has 0 bridgehead atoms. The van der Waals surface area contributed by atoms with Gasteiger partial charge in [-0.05, 0) is 23.8 Å². The van der Waals surface area contributed by atoms with Gasteiger partial charge in [0.1, 0.15) is 0 Å². The van der Waals surface area contributed by atoms with Crippen LogP contribution in [0.15, 0.2) is 72.9 Å². The fraction of sp³-hybridized carbons (Fsp3) is 0. The Morgan fingerprint density at radius 3 is 1.95 bits per heavy atom. The van der Waals surface area contributed by atoms with E-state index in [1.54, 1.807) is 0 Å². The Morgan fingerprint density at radius 1 is 0.632 bits per heavy atom. The highest BCUT2D eigenvalue weighted by Gasteiger charge is 2.01. The highest BCUT2D eigenvalue weighted by molar-refractivity contribution is 6.30. The predicted molar refractivity (Wildman–Crippen MR) is 80.1 cm³/mol. The molecule has 1 nitrogen and oxygen atoms in total.